The number of carbonyl (C=O) groups excluding carboxylic acids is 1. The summed E-state index contributed by atoms with van der Waals surface area (Å²) in [7, 11) is 0. The molecule has 0 aliphatic carbocycles. The van der Waals surface area contributed by atoms with Crippen molar-refractivity contribution in [1.29, 1.82) is 0 Å². The SMILES string of the molecule is O=C(c1ccc2n[nH]nc2c1)N1C[C@@H](Cc2ccccn2)[C@H](O)C1. The summed E-state index contributed by atoms with van der Waals surface area (Å²) >= 11 is 0. The minimum Gasteiger partial charge on any atom is -0.391 e. The second kappa shape index (κ2) is 6.01. The van der Waals surface area contributed by atoms with E-state index in [-0.39, 0.29) is 11.8 Å². The van der Waals surface area contributed by atoms with Crippen molar-refractivity contribution in [3.8, 4) is 0 Å². The van der Waals surface area contributed by atoms with Crippen LogP contribution in [0.2, 0.25) is 0 Å². The average molecular weight is 323 g/mol. The summed E-state index contributed by atoms with van der Waals surface area (Å²) in [6.45, 7) is 0.862. The van der Waals surface area contributed by atoms with E-state index in [1.165, 1.54) is 0 Å². The van der Waals surface area contributed by atoms with Crippen LogP contribution in [-0.2, 0) is 6.42 Å². The van der Waals surface area contributed by atoms with Crippen molar-refractivity contribution in [1.82, 2.24) is 25.3 Å². The van der Waals surface area contributed by atoms with Gasteiger partial charge in [-0.2, -0.15) is 15.4 Å². The van der Waals surface area contributed by atoms with Gasteiger partial charge in [-0.1, -0.05) is 6.07 Å². The summed E-state index contributed by atoms with van der Waals surface area (Å²) in [5.41, 5.74) is 2.87. The molecule has 2 aromatic heterocycles. The number of nitrogens with zero attached hydrogens (tertiary/aromatic N) is 4. The van der Waals surface area contributed by atoms with Gasteiger partial charge in [0.2, 0.25) is 0 Å². The highest BCUT2D eigenvalue weighted by Gasteiger charge is 2.34. The Balaban J connectivity index is 1.49. The summed E-state index contributed by atoms with van der Waals surface area (Å²) in [4.78, 5) is 18.7. The number of aliphatic hydroxyl groups is 1. The Morgan fingerprint density at radius 3 is 2.92 bits per heavy atom. The molecule has 1 saturated heterocycles. The van der Waals surface area contributed by atoms with E-state index in [0.29, 0.717) is 30.6 Å². The molecule has 0 saturated carbocycles. The number of aromatic amines is 1. The summed E-state index contributed by atoms with van der Waals surface area (Å²) in [5, 5.41) is 20.8. The number of fused-ring (bicyclic) bond motifs is 1. The molecule has 122 valence electrons. The van der Waals surface area contributed by atoms with Crippen molar-refractivity contribution in [3.63, 3.8) is 0 Å². The predicted molar refractivity (Wildman–Crippen MR) is 87.2 cm³/mol. The number of carbonyl (C=O) groups is 1. The van der Waals surface area contributed by atoms with Crippen molar-refractivity contribution in [3.05, 3.63) is 53.9 Å². The van der Waals surface area contributed by atoms with Crippen LogP contribution in [0.15, 0.2) is 42.6 Å². The summed E-state index contributed by atoms with van der Waals surface area (Å²) in [5.74, 6) is -0.0953. The number of nitrogens with one attached hydrogen (secondary N) is 1. The molecular weight excluding hydrogens is 306 g/mol. The molecule has 7 nitrogen and oxygen atoms in total. The van der Waals surface area contributed by atoms with E-state index in [4.69, 9.17) is 0 Å². The molecule has 4 rings (SSSR count). The number of pyridine rings is 1. The smallest absolute Gasteiger partial charge is 0.254 e. The molecule has 1 fully saturated rings. The molecule has 1 amide bonds. The molecule has 3 heterocycles. The molecule has 3 aromatic rings. The fourth-order valence-corrected chi connectivity index (χ4v) is 3.16. The van der Waals surface area contributed by atoms with Gasteiger partial charge in [0.1, 0.15) is 11.0 Å². The molecule has 24 heavy (non-hydrogen) atoms. The van der Waals surface area contributed by atoms with E-state index >= 15 is 0 Å². The maximum atomic E-state index is 12.7. The highest BCUT2D eigenvalue weighted by Crippen LogP contribution is 2.23. The van der Waals surface area contributed by atoms with Gasteiger partial charge in [-0.15, -0.1) is 0 Å². The van der Waals surface area contributed by atoms with Crippen LogP contribution in [0.4, 0.5) is 0 Å². The Bertz CT molecular complexity index is 864. The third-order valence-corrected chi connectivity index (χ3v) is 4.45. The first-order valence-corrected chi connectivity index (χ1v) is 7.88. The highest BCUT2D eigenvalue weighted by atomic mass is 16.3. The minimum atomic E-state index is -0.535. The van der Waals surface area contributed by atoms with Crippen LogP contribution in [-0.4, -0.2) is 55.5 Å². The van der Waals surface area contributed by atoms with Gasteiger partial charge in [0.25, 0.3) is 5.91 Å². The Morgan fingerprint density at radius 1 is 1.21 bits per heavy atom. The Labute approximate surface area is 138 Å². The molecule has 1 aliphatic heterocycles. The number of hydrogen-bond acceptors (Lipinski definition) is 5. The minimum absolute atomic E-state index is 0.000341. The summed E-state index contributed by atoms with van der Waals surface area (Å²) in [6, 6.07) is 11.0. The monoisotopic (exact) mass is 323 g/mol. The van der Waals surface area contributed by atoms with Crippen molar-refractivity contribution >= 4 is 16.9 Å². The first-order valence-electron chi connectivity index (χ1n) is 7.88. The Morgan fingerprint density at radius 2 is 2.08 bits per heavy atom. The molecule has 1 aromatic carbocycles. The van der Waals surface area contributed by atoms with Crippen LogP contribution >= 0.6 is 0 Å². The zero-order valence-electron chi connectivity index (χ0n) is 13.0. The van der Waals surface area contributed by atoms with Gasteiger partial charge in [0.05, 0.1) is 6.10 Å². The normalized spacial score (nSPS) is 20.6. The van der Waals surface area contributed by atoms with E-state index in [1.54, 1.807) is 29.3 Å². The van der Waals surface area contributed by atoms with E-state index in [2.05, 4.69) is 20.4 Å². The van der Waals surface area contributed by atoms with Gasteiger partial charge in [0, 0.05) is 36.5 Å². The fraction of sp³-hybridized carbons (Fsp3) is 0.294. The lowest BCUT2D eigenvalue weighted by molar-refractivity contribution is 0.0765. The van der Waals surface area contributed by atoms with Crippen molar-refractivity contribution < 1.29 is 9.90 Å². The van der Waals surface area contributed by atoms with Crippen LogP contribution in [0.5, 0.6) is 0 Å². The summed E-state index contributed by atoms with van der Waals surface area (Å²) in [6.07, 6.45) is 1.87. The third kappa shape index (κ3) is 2.74. The van der Waals surface area contributed by atoms with E-state index in [0.717, 1.165) is 11.2 Å². The number of aromatic nitrogens is 4. The van der Waals surface area contributed by atoms with Gasteiger partial charge >= 0.3 is 0 Å². The zero-order chi connectivity index (χ0) is 16.5. The van der Waals surface area contributed by atoms with Gasteiger partial charge < -0.3 is 10.0 Å². The standard InChI is InChI=1S/C17H17N5O2/c23-16-10-22(9-12(16)7-13-3-1-2-6-18-13)17(24)11-4-5-14-15(8-11)20-21-19-14/h1-6,8,12,16,23H,7,9-10H2,(H,19,20,21)/t12-,16-/m1/s1. The molecule has 0 unspecified atom stereocenters. The average Bonchev–Trinajstić information content (AvgIpc) is 3.21. The van der Waals surface area contributed by atoms with Crippen LogP contribution in [0, 0.1) is 5.92 Å². The van der Waals surface area contributed by atoms with Crippen LogP contribution in [0.1, 0.15) is 16.1 Å². The molecule has 2 atom stereocenters. The van der Waals surface area contributed by atoms with Crippen molar-refractivity contribution in [2.75, 3.05) is 13.1 Å². The zero-order valence-corrected chi connectivity index (χ0v) is 13.0. The van der Waals surface area contributed by atoms with Crippen LogP contribution in [0.3, 0.4) is 0 Å². The third-order valence-electron chi connectivity index (χ3n) is 4.45. The lowest BCUT2D eigenvalue weighted by Gasteiger charge is -2.16. The van der Waals surface area contributed by atoms with Gasteiger partial charge in [0.15, 0.2) is 0 Å². The van der Waals surface area contributed by atoms with Crippen molar-refractivity contribution in [2.24, 2.45) is 5.92 Å². The number of β-amino-alcohol motifs (C(OH)–C–C–N with tert-alkyl or cyclic N) is 1. The second-order valence-corrected chi connectivity index (χ2v) is 6.09. The number of likely N-dealkylation sites (tertiary alicyclic amines) is 1. The first-order chi connectivity index (χ1) is 11.7. The maximum absolute atomic E-state index is 12.7. The van der Waals surface area contributed by atoms with Gasteiger partial charge in [-0.25, -0.2) is 0 Å². The number of benzene rings is 1. The topological polar surface area (TPSA) is 95.0 Å². The first kappa shape index (κ1) is 14.8. The van der Waals surface area contributed by atoms with Crippen LogP contribution < -0.4 is 0 Å². The number of H-pyrrole nitrogens is 1. The lowest BCUT2D eigenvalue weighted by Crippen LogP contribution is -2.29. The van der Waals surface area contributed by atoms with E-state index in [9.17, 15) is 9.90 Å². The molecule has 2 N–H and O–H groups in total. The Kier molecular flexibility index (Phi) is 3.70. The van der Waals surface area contributed by atoms with Crippen molar-refractivity contribution in [2.45, 2.75) is 12.5 Å². The predicted octanol–water partition coefficient (Wildman–Crippen LogP) is 1.03. The number of amides is 1. The summed E-state index contributed by atoms with van der Waals surface area (Å²) < 4.78 is 0. The molecule has 0 bridgehead atoms. The molecule has 0 radical (unpaired) electrons. The molecular formula is C17H17N5O2. The quantitative estimate of drug-likeness (QED) is 0.750. The number of aliphatic hydroxyl groups excluding tert-OH is 1. The second-order valence-electron chi connectivity index (χ2n) is 6.09. The van der Waals surface area contributed by atoms with E-state index in [1.807, 2.05) is 18.2 Å². The fourth-order valence-electron chi connectivity index (χ4n) is 3.16. The van der Waals surface area contributed by atoms with E-state index < -0.39 is 6.10 Å². The van der Waals surface area contributed by atoms with Gasteiger partial charge in [-0.3, -0.25) is 9.78 Å². The highest BCUT2D eigenvalue weighted by molar-refractivity contribution is 5.97. The lowest BCUT2D eigenvalue weighted by atomic mass is 10.00. The number of rotatable bonds is 3. The van der Waals surface area contributed by atoms with Gasteiger partial charge in [-0.05, 0) is 36.8 Å². The largest absolute Gasteiger partial charge is 0.391 e. The van der Waals surface area contributed by atoms with Crippen LogP contribution in [0.25, 0.3) is 11.0 Å². The number of hydrogen-bond donors (Lipinski definition) is 2. The molecule has 1 aliphatic rings. The molecule has 7 heteroatoms. The molecule has 0 spiro atoms. The Hall–Kier alpha value is -2.80. The maximum Gasteiger partial charge on any atom is 0.254 e.